The quantitative estimate of drug-likeness (QED) is 0.837. The highest BCUT2D eigenvalue weighted by Crippen LogP contribution is 2.29. The van der Waals surface area contributed by atoms with Gasteiger partial charge in [0.2, 0.25) is 0 Å². The highest BCUT2D eigenvalue weighted by atomic mass is 19.1. The van der Waals surface area contributed by atoms with Gasteiger partial charge in [-0.25, -0.2) is 4.39 Å². The van der Waals surface area contributed by atoms with Gasteiger partial charge in [-0.15, -0.1) is 0 Å². The fourth-order valence-corrected chi connectivity index (χ4v) is 2.38. The van der Waals surface area contributed by atoms with Gasteiger partial charge in [0.1, 0.15) is 5.82 Å². The third-order valence-corrected chi connectivity index (χ3v) is 3.42. The van der Waals surface area contributed by atoms with Crippen LogP contribution in [0.15, 0.2) is 18.2 Å². The molecule has 2 rings (SSSR count). The zero-order chi connectivity index (χ0) is 14.5. The Morgan fingerprint density at radius 1 is 1.40 bits per heavy atom. The van der Waals surface area contributed by atoms with Crippen molar-refractivity contribution in [1.29, 1.82) is 0 Å². The van der Waals surface area contributed by atoms with Crippen molar-refractivity contribution in [2.75, 3.05) is 13.1 Å². The number of halogens is 1. The fraction of sp³-hybridized carbons (Fsp3) is 0.529. The summed E-state index contributed by atoms with van der Waals surface area (Å²) in [5, 5.41) is 0. The molecule has 1 fully saturated rings. The van der Waals surface area contributed by atoms with Crippen molar-refractivity contribution in [1.82, 2.24) is 4.90 Å². The van der Waals surface area contributed by atoms with Gasteiger partial charge in [0.15, 0.2) is 0 Å². The molecule has 0 aliphatic heterocycles. The molecule has 1 aromatic rings. The summed E-state index contributed by atoms with van der Waals surface area (Å²) in [4.78, 5) is 2.40. The van der Waals surface area contributed by atoms with E-state index in [1.807, 2.05) is 12.1 Å². The second-order valence-electron chi connectivity index (χ2n) is 5.87. The number of benzene rings is 1. The van der Waals surface area contributed by atoms with Gasteiger partial charge in [0.05, 0.1) is 6.54 Å². The normalized spacial score (nSPS) is 14.5. The maximum absolute atomic E-state index is 14.1. The molecule has 108 valence electrons. The first-order valence-electron chi connectivity index (χ1n) is 7.31. The molecular formula is C17H23FN2. The minimum absolute atomic E-state index is 0.164. The Hall–Kier alpha value is -1.37. The lowest BCUT2D eigenvalue weighted by atomic mass is 10.1. The molecule has 2 N–H and O–H groups in total. The Kier molecular flexibility index (Phi) is 5.17. The summed E-state index contributed by atoms with van der Waals surface area (Å²) in [5.41, 5.74) is 6.78. The van der Waals surface area contributed by atoms with Crippen LogP contribution in [0.1, 0.15) is 37.8 Å². The van der Waals surface area contributed by atoms with Crippen LogP contribution in [0, 0.1) is 23.6 Å². The summed E-state index contributed by atoms with van der Waals surface area (Å²) in [6.45, 7) is 6.43. The Bertz CT molecular complexity index is 509. The first kappa shape index (κ1) is 15.0. The Labute approximate surface area is 121 Å². The summed E-state index contributed by atoms with van der Waals surface area (Å²) in [5.74, 6) is 6.05. The molecule has 2 nitrogen and oxygen atoms in total. The van der Waals surface area contributed by atoms with E-state index in [0.717, 1.165) is 12.1 Å². The molecule has 0 aromatic heterocycles. The predicted octanol–water partition coefficient (Wildman–Crippen LogP) is 2.76. The van der Waals surface area contributed by atoms with E-state index in [1.165, 1.54) is 18.9 Å². The highest BCUT2D eigenvalue weighted by molar-refractivity contribution is 5.37. The molecule has 1 aromatic carbocycles. The maximum Gasteiger partial charge on any atom is 0.128 e. The lowest BCUT2D eigenvalue weighted by molar-refractivity contribution is 0.223. The van der Waals surface area contributed by atoms with Crippen molar-refractivity contribution in [3.05, 3.63) is 35.1 Å². The van der Waals surface area contributed by atoms with Gasteiger partial charge in [-0.2, -0.15) is 0 Å². The van der Waals surface area contributed by atoms with Crippen LogP contribution in [0.25, 0.3) is 0 Å². The van der Waals surface area contributed by atoms with E-state index in [0.29, 0.717) is 30.6 Å². The molecule has 1 aliphatic rings. The van der Waals surface area contributed by atoms with Crippen LogP contribution >= 0.6 is 0 Å². The minimum Gasteiger partial charge on any atom is -0.320 e. The van der Waals surface area contributed by atoms with Crippen LogP contribution in [0.5, 0.6) is 0 Å². The van der Waals surface area contributed by atoms with Crippen molar-refractivity contribution in [3.8, 4) is 11.8 Å². The van der Waals surface area contributed by atoms with Crippen molar-refractivity contribution < 1.29 is 4.39 Å². The average Bonchev–Trinajstić information content (AvgIpc) is 3.22. The lowest BCUT2D eigenvalue weighted by Gasteiger charge is -2.24. The molecule has 1 saturated carbocycles. The number of rotatable bonds is 5. The Balaban J connectivity index is 2.07. The van der Waals surface area contributed by atoms with E-state index in [2.05, 4.69) is 30.6 Å². The number of hydrogen-bond acceptors (Lipinski definition) is 2. The highest BCUT2D eigenvalue weighted by Gasteiger charge is 2.29. The molecule has 0 saturated heterocycles. The molecule has 20 heavy (non-hydrogen) atoms. The first-order valence-corrected chi connectivity index (χ1v) is 7.31. The Morgan fingerprint density at radius 3 is 2.70 bits per heavy atom. The topological polar surface area (TPSA) is 29.3 Å². The average molecular weight is 274 g/mol. The van der Waals surface area contributed by atoms with Crippen LogP contribution in [-0.4, -0.2) is 24.0 Å². The van der Waals surface area contributed by atoms with E-state index in [-0.39, 0.29) is 5.82 Å². The van der Waals surface area contributed by atoms with Gasteiger partial charge >= 0.3 is 0 Å². The Morgan fingerprint density at radius 2 is 2.15 bits per heavy atom. The fourth-order valence-electron chi connectivity index (χ4n) is 2.38. The lowest BCUT2D eigenvalue weighted by Crippen LogP contribution is -2.29. The SMILES string of the molecule is CC(C)CN(Cc1ccc(C#CCN)cc1F)C1CC1. The third kappa shape index (κ3) is 4.33. The van der Waals surface area contributed by atoms with Crippen LogP contribution in [0.3, 0.4) is 0 Å². The number of nitrogens with zero attached hydrogens (tertiary/aromatic N) is 1. The molecular weight excluding hydrogens is 251 g/mol. The van der Waals surface area contributed by atoms with E-state index >= 15 is 0 Å². The van der Waals surface area contributed by atoms with E-state index in [4.69, 9.17) is 5.73 Å². The molecule has 0 atom stereocenters. The first-order chi connectivity index (χ1) is 9.60. The second kappa shape index (κ2) is 6.88. The number of nitrogens with two attached hydrogens (primary N) is 1. The standard InChI is InChI=1S/C17H23FN2/c1-13(2)11-20(16-7-8-16)12-15-6-5-14(4-3-9-19)10-17(15)18/h5-6,10,13,16H,7-9,11-12,19H2,1-2H3. The molecule has 1 aliphatic carbocycles. The summed E-state index contributed by atoms with van der Waals surface area (Å²) in [6, 6.07) is 5.89. The second-order valence-corrected chi connectivity index (χ2v) is 5.87. The van der Waals surface area contributed by atoms with Gasteiger partial charge in [-0.3, -0.25) is 4.90 Å². The van der Waals surface area contributed by atoms with E-state index < -0.39 is 0 Å². The van der Waals surface area contributed by atoms with Crippen molar-refractivity contribution >= 4 is 0 Å². The zero-order valence-corrected chi connectivity index (χ0v) is 12.3. The molecule has 0 amide bonds. The van der Waals surface area contributed by atoms with Crippen molar-refractivity contribution in [2.45, 2.75) is 39.3 Å². The number of hydrogen-bond donors (Lipinski definition) is 1. The van der Waals surface area contributed by atoms with Crippen LogP contribution < -0.4 is 5.73 Å². The molecule has 0 spiro atoms. The van der Waals surface area contributed by atoms with Gasteiger partial charge in [0.25, 0.3) is 0 Å². The van der Waals surface area contributed by atoms with Gasteiger partial charge in [-0.05, 0) is 30.9 Å². The largest absolute Gasteiger partial charge is 0.320 e. The van der Waals surface area contributed by atoms with E-state index in [1.54, 1.807) is 0 Å². The predicted molar refractivity (Wildman–Crippen MR) is 80.6 cm³/mol. The van der Waals surface area contributed by atoms with Gasteiger partial charge in [0, 0.05) is 30.3 Å². The third-order valence-electron chi connectivity index (χ3n) is 3.42. The maximum atomic E-state index is 14.1. The molecule has 0 heterocycles. The van der Waals surface area contributed by atoms with Gasteiger partial charge < -0.3 is 5.73 Å². The molecule has 0 radical (unpaired) electrons. The molecule has 0 bridgehead atoms. The van der Waals surface area contributed by atoms with Crippen LogP contribution in [0.2, 0.25) is 0 Å². The van der Waals surface area contributed by atoms with Crippen molar-refractivity contribution in [2.24, 2.45) is 11.7 Å². The molecule has 0 unspecified atom stereocenters. The summed E-state index contributed by atoms with van der Waals surface area (Å²) in [6.07, 6.45) is 2.49. The zero-order valence-electron chi connectivity index (χ0n) is 12.3. The van der Waals surface area contributed by atoms with Crippen molar-refractivity contribution in [3.63, 3.8) is 0 Å². The summed E-state index contributed by atoms with van der Waals surface area (Å²) in [7, 11) is 0. The monoisotopic (exact) mass is 274 g/mol. The van der Waals surface area contributed by atoms with E-state index in [9.17, 15) is 4.39 Å². The smallest absolute Gasteiger partial charge is 0.128 e. The van der Waals surface area contributed by atoms with Crippen LogP contribution in [0.4, 0.5) is 4.39 Å². The molecule has 3 heteroatoms. The summed E-state index contributed by atoms with van der Waals surface area (Å²) < 4.78 is 14.1. The van der Waals surface area contributed by atoms with Gasteiger partial charge in [-0.1, -0.05) is 31.8 Å². The summed E-state index contributed by atoms with van der Waals surface area (Å²) >= 11 is 0. The van der Waals surface area contributed by atoms with Crippen LogP contribution in [-0.2, 0) is 6.54 Å². The minimum atomic E-state index is -0.164.